The van der Waals surface area contributed by atoms with Crippen molar-refractivity contribution in [2.75, 3.05) is 13.7 Å². The summed E-state index contributed by atoms with van der Waals surface area (Å²) < 4.78 is 14.2. The number of ether oxygens (including phenoxy) is 3. The van der Waals surface area contributed by atoms with Gasteiger partial charge in [-0.1, -0.05) is 33.1 Å². The lowest BCUT2D eigenvalue weighted by atomic mass is 10.2. The second-order valence-electron chi connectivity index (χ2n) is 4.08. The zero-order chi connectivity index (χ0) is 15.1. The molecular weight excluding hydrogens is 248 g/mol. The van der Waals surface area contributed by atoms with Crippen molar-refractivity contribution in [1.29, 1.82) is 0 Å². The van der Waals surface area contributed by atoms with Crippen molar-refractivity contribution in [3.63, 3.8) is 0 Å². The van der Waals surface area contributed by atoms with Gasteiger partial charge < -0.3 is 14.2 Å². The molecule has 1 unspecified atom stereocenters. The Kier molecular flexibility index (Phi) is 15.9. The van der Waals surface area contributed by atoms with Gasteiger partial charge in [0.05, 0.1) is 6.61 Å². The van der Waals surface area contributed by atoms with Crippen LogP contribution in [0, 0.1) is 0 Å². The molecule has 0 heterocycles. The van der Waals surface area contributed by atoms with E-state index in [-0.39, 0.29) is 18.2 Å². The largest absolute Gasteiger partial charge is 0.466 e. The summed E-state index contributed by atoms with van der Waals surface area (Å²) >= 11 is 0. The first kappa shape index (κ1) is 20.2. The Morgan fingerprint density at radius 2 is 1.63 bits per heavy atom. The Hall–Kier alpha value is -1.10. The summed E-state index contributed by atoms with van der Waals surface area (Å²) in [7, 11) is 1.51. The summed E-state index contributed by atoms with van der Waals surface area (Å²) in [6.07, 6.45) is 4.96. The predicted octanol–water partition coefficient (Wildman–Crippen LogP) is 3.06. The molecule has 5 nitrogen and oxygen atoms in total. The topological polar surface area (TPSA) is 61.8 Å². The molecule has 0 aliphatic heterocycles. The summed E-state index contributed by atoms with van der Waals surface area (Å²) in [5, 5.41) is 0. The molecule has 0 aliphatic rings. The van der Waals surface area contributed by atoms with E-state index in [0.717, 1.165) is 6.42 Å². The fourth-order valence-electron chi connectivity index (χ4n) is 1.23. The molecule has 5 heteroatoms. The minimum atomic E-state index is -0.373. The standard InChI is InChI=1S/C8H16O2.C6H12O3/c1-3-4-5-6-7-10-8(2)9;1-4-6(8-3)9-5(2)7/h3-7H2,1-2H3;6H,4H2,1-3H3. The van der Waals surface area contributed by atoms with Gasteiger partial charge in [0.25, 0.3) is 0 Å². The minimum Gasteiger partial charge on any atom is -0.466 e. The molecule has 1 atom stereocenters. The van der Waals surface area contributed by atoms with Gasteiger partial charge >= 0.3 is 11.9 Å². The lowest BCUT2D eigenvalue weighted by molar-refractivity contribution is -0.171. The smallest absolute Gasteiger partial charge is 0.304 e. The van der Waals surface area contributed by atoms with Gasteiger partial charge in [0.2, 0.25) is 6.29 Å². The number of esters is 2. The van der Waals surface area contributed by atoms with E-state index in [9.17, 15) is 9.59 Å². The van der Waals surface area contributed by atoms with Gasteiger partial charge in [-0.3, -0.25) is 9.59 Å². The maximum Gasteiger partial charge on any atom is 0.304 e. The Labute approximate surface area is 116 Å². The number of carbonyl (C=O) groups excluding carboxylic acids is 2. The van der Waals surface area contributed by atoms with E-state index in [2.05, 4.69) is 11.7 Å². The van der Waals surface area contributed by atoms with Crippen molar-refractivity contribution in [1.82, 2.24) is 0 Å². The van der Waals surface area contributed by atoms with Crippen molar-refractivity contribution in [2.45, 2.75) is 66.1 Å². The summed E-state index contributed by atoms with van der Waals surface area (Å²) in [6.45, 7) is 7.44. The van der Waals surface area contributed by atoms with Gasteiger partial charge in [-0.15, -0.1) is 0 Å². The number of unbranched alkanes of at least 4 members (excludes halogenated alkanes) is 3. The number of hydrogen-bond acceptors (Lipinski definition) is 5. The SMILES string of the molecule is CCC(OC)OC(C)=O.CCCCCCOC(C)=O. The average molecular weight is 276 g/mol. The number of carbonyl (C=O) groups is 2. The highest BCUT2D eigenvalue weighted by Crippen LogP contribution is 1.98. The van der Waals surface area contributed by atoms with Gasteiger partial charge in [0, 0.05) is 27.4 Å². The van der Waals surface area contributed by atoms with Crippen LogP contribution in [0.15, 0.2) is 0 Å². The average Bonchev–Trinajstić information content (AvgIpc) is 2.36. The summed E-state index contributed by atoms with van der Waals surface area (Å²) in [5.74, 6) is -0.472. The molecule has 0 aromatic rings. The maximum absolute atomic E-state index is 10.3. The zero-order valence-electron chi connectivity index (χ0n) is 12.9. The van der Waals surface area contributed by atoms with Crippen molar-refractivity contribution < 1.29 is 23.8 Å². The first-order valence-electron chi connectivity index (χ1n) is 6.81. The summed E-state index contributed by atoms with van der Waals surface area (Å²) in [6, 6.07) is 0. The van der Waals surface area contributed by atoms with Crippen molar-refractivity contribution in [3.05, 3.63) is 0 Å². The van der Waals surface area contributed by atoms with E-state index >= 15 is 0 Å². The fraction of sp³-hybridized carbons (Fsp3) is 0.857. The normalized spacial score (nSPS) is 11.0. The van der Waals surface area contributed by atoms with Gasteiger partial charge in [-0.25, -0.2) is 0 Å². The number of rotatable bonds is 8. The van der Waals surface area contributed by atoms with Gasteiger partial charge in [0.15, 0.2) is 0 Å². The van der Waals surface area contributed by atoms with Crippen LogP contribution in [0.5, 0.6) is 0 Å². The Bertz CT molecular complexity index is 224. The van der Waals surface area contributed by atoms with Crippen molar-refractivity contribution in [2.24, 2.45) is 0 Å². The van der Waals surface area contributed by atoms with E-state index in [4.69, 9.17) is 9.47 Å². The van der Waals surface area contributed by atoms with Crippen LogP contribution >= 0.6 is 0 Å². The van der Waals surface area contributed by atoms with Gasteiger partial charge in [-0.2, -0.15) is 0 Å². The third kappa shape index (κ3) is 19.4. The highest BCUT2D eigenvalue weighted by molar-refractivity contribution is 5.66. The monoisotopic (exact) mass is 276 g/mol. The lowest BCUT2D eigenvalue weighted by Gasteiger charge is -2.11. The molecule has 0 saturated heterocycles. The molecule has 0 N–H and O–H groups in total. The summed E-state index contributed by atoms with van der Waals surface area (Å²) in [4.78, 5) is 20.5. The third-order valence-corrected chi connectivity index (χ3v) is 2.20. The molecule has 0 fully saturated rings. The third-order valence-electron chi connectivity index (χ3n) is 2.20. The highest BCUT2D eigenvalue weighted by atomic mass is 16.7. The van der Waals surface area contributed by atoms with Crippen LogP contribution in [-0.4, -0.2) is 31.9 Å². The van der Waals surface area contributed by atoms with Crippen molar-refractivity contribution in [3.8, 4) is 0 Å². The van der Waals surface area contributed by atoms with Crippen LogP contribution < -0.4 is 0 Å². The van der Waals surface area contributed by atoms with Crippen LogP contribution in [-0.2, 0) is 23.8 Å². The van der Waals surface area contributed by atoms with E-state index in [1.54, 1.807) is 0 Å². The lowest BCUT2D eigenvalue weighted by Crippen LogP contribution is -2.16. The first-order chi connectivity index (χ1) is 8.97. The molecule has 114 valence electrons. The molecule has 0 saturated carbocycles. The molecule has 0 aromatic heterocycles. The van der Waals surface area contributed by atoms with Gasteiger partial charge in [-0.05, 0) is 6.42 Å². The Morgan fingerprint density at radius 3 is 1.95 bits per heavy atom. The molecule has 0 rings (SSSR count). The van der Waals surface area contributed by atoms with E-state index in [1.165, 1.54) is 40.2 Å². The maximum atomic E-state index is 10.3. The molecule has 0 aliphatic carbocycles. The van der Waals surface area contributed by atoms with E-state index in [1.807, 2.05) is 6.92 Å². The molecule has 0 amide bonds. The van der Waals surface area contributed by atoms with Crippen LogP contribution in [0.25, 0.3) is 0 Å². The Balaban J connectivity index is 0. The second-order valence-corrected chi connectivity index (χ2v) is 4.08. The molecule has 0 spiro atoms. The van der Waals surface area contributed by atoms with E-state index in [0.29, 0.717) is 13.0 Å². The molecule has 0 bridgehead atoms. The number of methoxy groups -OCH3 is 1. The molecule has 19 heavy (non-hydrogen) atoms. The zero-order valence-corrected chi connectivity index (χ0v) is 12.9. The first-order valence-corrected chi connectivity index (χ1v) is 6.81. The molecule has 0 radical (unpaired) electrons. The van der Waals surface area contributed by atoms with E-state index < -0.39 is 0 Å². The van der Waals surface area contributed by atoms with Gasteiger partial charge in [0.1, 0.15) is 0 Å². The summed E-state index contributed by atoms with van der Waals surface area (Å²) in [5.41, 5.74) is 0. The van der Waals surface area contributed by atoms with Crippen molar-refractivity contribution >= 4 is 11.9 Å². The minimum absolute atomic E-state index is 0.170. The van der Waals surface area contributed by atoms with Crippen LogP contribution in [0.2, 0.25) is 0 Å². The van der Waals surface area contributed by atoms with Crippen LogP contribution in [0.1, 0.15) is 59.8 Å². The molecular formula is C14H28O5. The number of hydrogen-bond donors (Lipinski definition) is 0. The Morgan fingerprint density at radius 1 is 1.00 bits per heavy atom. The highest BCUT2D eigenvalue weighted by Gasteiger charge is 2.05. The second kappa shape index (κ2) is 15.0. The molecule has 0 aromatic carbocycles. The van der Waals surface area contributed by atoms with Crippen LogP contribution in [0.4, 0.5) is 0 Å². The van der Waals surface area contributed by atoms with Crippen LogP contribution in [0.3, 0.4) is 0 Å². The quantitative estimate of drug-likeness (QED) is 0.387. The fourth-order valence-corrected chi connectivity index (χ4v) is 1.23. The predicted molar refractivity (Wildman–Crippen MR) is 73.6 cm³/mol.